The normalized spacial score (nSPS) is 18.2. The minimum absolute atomic E-state index is 0.186. The quantitative estimate of drug-likeness (QED) is 0.810. The minimum Gasteiger partial charge on any atom is -0.507 e. The maximum absolute atomic E-state index is 11.1. The summed E-state index contributed by atoms with van der Waals surface area (Å²) in [5.41, 5.74) is 0.471. The highest BCUT2D eigenvalue weighted by molar-refractivity contribution is 5.83. The van der Waals surface area contributed by atoms with Gasteiger partial charge in [-0.1, -0.05) is 31.4 Å². The number of benzene rings is 1. The Bertz CT molecular complexity index is 490. The average molecular weight is 275 g/mol. The van der Waals surface area contributed by atoms with Gasteiger partial charge in [0.15, 0.2) is 0 Å². The molecule has 0 aliphatic heterocycles. The molecule has 4 nitrogen and oxygen atoms in total. The van der Waals surface area contributed by atoms with Crippen molar-refractivity contribution in [3.8, 4) is 5.75 Å². The molecule has 108 valence electrons. The van der Waals surface area contributed by atoms with Crippen molar-refractivity contribution < 1.29 is 15.0 Å². The molecule has 20 heavy (non-hydrogen) atoms. The van der Waals surface area contributed by atoms with Crippen molar-refractivity contribution in [3.05, 3.63) is 29.8 Å². The maximum Gasteiger partial charge on any atom is 0.303 e. The molecular formula is C16H21NO3. The van der Waals surface area contributed by atoms with E-state index in [2.05, 4.69) is 4.99 Å². The number of nitrogens with zero attached hydrogens (tertiary/aromatic N) is 1. The lowest BCUT2D eigenvalue weighted by molar-refractivity contribution is -0.140. The van der Waals surface area contributed by atoms with Gasteiger partial charge >= 0.3 is 5.97 Å². The van der Waals surface area contributed by atoms with Crippen molar-refractivity contribution in [3.63, 3.8) is 0 Å². The number of carboxylic acids is 1. The van der Waals surface area contributed by atoms with Crippen LogP contribution in [0.15, 0.2) is 29.3 Å². The summed E-state index contributed by atoms with van der Waals surface area (Å²) in [7, 11) is 0. The van der Waals surface area contributed by atoms with Gasteiger partial charge in [0.25, 0.3) is 0 Å². The molecule has 2 N–H and O–H groups in total. The van der Waals surface area contributed by atoms with E-state index in [0.29, 0.717) is 12.1 Å². The van der Waals surface area contributed by atoms with Gasteiger partial charge in [-0.15, -0.1) is 0 Å². The van der Waals surface area contributed by atoms with Crippen LogP contribution in [0.2, 0.25) is 0 Å². The zero-order valence-corrected chi connectivity index (χ0v) is 11.6. The highest BCUT2D eigenvalue weighted by atomic mass is 16.4. The Morgan fingerprint density at radius 3 is 2.60 bits per heavy atom. The molecule has 2 rings (SSSR count). The Kier molecular flexibility index (Phi) is 4.77. The summed E-state index contributed by atoms with van der Waals surface area (Å²) in [5.74, 6) is -0.545. The fourth-order valence-electron chi connectivity index (χ4n) is 2.95. The first-order valence-electron chi connectivity index (χ1n) is 7.11. The Hall–Kier alpha value is -1.84. The van der Waals surface area contributed by atoms with E-state index in [9.17, 15) is 9.90 Å². The number of phenolic OH excluding ortho intramolecular Hbond substituents is 1. The van der Waals surface area contributed by atoms with Crippen LogP contribution < -0.4 is 0 Å². The van der Waals surface area contributed by atoms with Crippen molar-refractivity contribution in [2.24, 2.45) is 10.4 Å². The second-order valence-corrected chi connectivity index (χ2v) is 5.66. The Morgan fingerprint density at radius 2 is 1.95 bits per heavy atom. The summed E-state index contributed by atoms with van der Waals surface area (Å²) in [6, 6.07) is 7.02. The van der Waals surface area contributed by atoms with Crippen LogP contribution in [-0.4, -0.2) is 28.9 Å². The number of phenols is 1. The largest absolute Gasteiger partial charge is 0.507 e. The van der Waals surface area contributed by atoms with Crippen molar-refractivity contribution in [2.75, 3.05) is 6.54 Å². The van der Waals surface area contributed by atoms with Crippen molar-refractivity contribution in [1.29, 1.82) is 0 Å². The lowest BCUT2D eigenvalue weighted by atomic mass is 9.72. The Balaban J connectivity index is 2.05. The topological polar surface area (TPSA) is 69.9 Å². The second kappa shape index (κ2) is 6.55. The summed E-state index contributed by atoms with van der Waals surface area (Å²) in [5, 5.41) is 18.8. The third-order valence-electron chi connectivity index (χ3n) is 4.03. The number of aromatic hydroxyl groups is 1. The molecule has 1 aliphatic carbocycles. The number of aliphatic carboxylic acids is 1. The molecule has 1 fully saturated rings. The van der Waals surface area contributed by atoms with Gasteiger partial charge in [-0.25, -0.2) is 0 Å². The molecule has 4 heteroatoms. The lowest BCUT2D eigenvalue weighted by Gasteiger charge is -2.34. The zero-order valence-electron chi connectivity index (χ0n) is 11.6. The number of carboxylic acid groups (broad SMARTS) is 1. The van der Waals surface area contributed by atoms with Gasteiger partial charge in [-0.2, -0.15) is 0 Å². The SMILES string of the molecule is O=C(O)CC1(CN=Cc2ccccc2O)CCCCC1. The fraction of sp³-hybridized carbons (Fsp3) is 0.500. The highest BCUT2D eigenvalue weighted by Crippen LogP contribution is 2.39. The van der Waals surface area contributed by atoms with Crippen LogP contribution in [0.3, 0.4) is 0 Å². The Morgan fingerprint density at radius 1 is 1.25 bits per heavy atom. The van der Waals surface area contributed by atoms with Gasteiger partial charge in [0.05, 0.1) is 6.42 Å². The lowest BCUT2D eigenvalue weighted by Crippen LogP contribution is -2.30. The molecule has 0 aromatic heterocycles. The Labute approximate surface area is 119 Å². The number of hydrogen-bond donors (Lipinski definition) is 2. The number of para-hydroxylation sites is 1. The number of rotatable bonds is 5. The molecule has 0 amide bonds. The number of aliphatic imine (C=N–C) groups is 1. The predicted molar refractivity (Wildman–Crippen MR) is 78.3 cm³/mol. The standard InChI is InChI=1S/C16H21NO3/c18-14-7-3-2-6-13(14)11-17-12-16(10-15(19)20)8-4-1-5-9-16/h2-3,6-7,11,18H,1,4-5,8-10,12H2,(H,19,20). The monoisotopic (exact) mass is 275 g/mol. The highest BCUT2D eigenvalue weighted by Gasteiger charge is 2.33. The minimum atomic E-state index is -0.746. The van der Waals surface area contributed by atoms with E-state index in [1.165, 1.54) is 6.42 Å². The first-order chi connectivity index (χ1) is 9.61. The summed E-state index contributed by atoms with van der Waals surface area (Å²) < 4.78 is 0. The molecule has 0 heterocycles. The molecule has 0 spiro atoms. The molecule has 0 radical (unpaired) electrons. The third kappa shape index (κ3) is 3.83. The van der Waals surface area contributed by atoms with Crippen LogP contribution in [0.5, 0.6) is 5.75 Å². The van der Waals surface area contributed by atoms with Gasteiger partial charge in [0.1, 0.15) is 5.75 Å². The molecule has 0 bridgehead atoms. The molecule has 1 saturated carbocycles. The first kappa shape index (κ1) is 14.6. The van der Waals surface area contributed by atoms with Gasteiger partial charge in [-0.05, 0) is 25.0 Å². The van der Waals surface area contributed by atoms with Crippen LogP contribution in [0.25, 0.3) is 0 Å². The summed E-state index contributed by atoms with van der Waals surface area (Å²) in [4.78, 5) is 15.5. The van der Waals surface area contributed by atoms with E-state index in [1.807, 2.05) is 6.07 Å². The van der Waals surface area contributed by atoms with E-state index in [0.717, 1.165) is 25.7 Å². The predicted octanol–water partition coefficient (Wildman–Crippen LogP) is 3.24. The molecular weight excluding hydrogens is 254 g/mol. The third-order valence-corrected chi connectivity index (χ3v) is 4.03. The van der Waals surface area contributed by atoms with Gasteiger partial charge < -0.3 is 10.2 Å². The molecule has 1 aromatic carbocycles. The van der Waals surface area contributed by atoms with Crippen molar-refractivity contribution in [2.45, 2.75) is 38.5 Å². The molecule has 1 aromatic rings. The molecule has 0 saturated heterocycles. The first-order valence-corrected chi connectivity index (χ1v) is 7.11. The van der Waals surface area contributed by atoms with E-state index >= 15 is 0 Å². The van der Waals surface area contributed by atoms with Crippen molar-refractivity contribution in [1.82, 2.24) is 0 Å². The van der Waals surface area contributed by atoms with E-state index in [-0.39, 0.29) is 17.6 Å². The van der Waals surface area contributed by atoms with E-state index < -0.39 is 5.97 Å². The van der Waals surface area contributed by atoms with Crippen LogP contribution in [-0.2, 0) is 4.79 Å². The molecule has 1 aliphatic rings. The van der Waals surface area contributed by atoms with Crippen LogP contribution in [0.1, 0.15) is 44.1 Å². The second-order valence-electron chi connectivity index (χ2n) is 5.66. The maximum atomic E-state index is 11.1. The van der Waals surface area contributed by atoms with Crippen molar-refractivity contribution >= 4 is 12.2 Å². The molecule has 0 atom stereocenters. The van der Waals surface area contributed by atoms with Gasteiger partial charge in [-0.3, -0.25) is 9.79 Å². The van der Waals surface area contributed by atoms with E-state index in [4.69, 9.17) is 5.11 Å². The fourth-order valence-corrected chi connectivity index (χ4v) is 2.95. The van der Waals surface area contributed by atoms with Gasteiger partial charge in [0, 0.05) is 23.7 Å². The summed E-state index contributed by atoms with van der Waals surface area (Å²) in [6.45, 7) is 0.521. The average Bonchev–Trinajstić information content (AvgIpc) is 2.41. The summed E-state index contributed by atoms with van der Waals surface area (Å²) >= 11 is 0. The number of carbonyl (C=O) groups is 1. The molecule has 0 unspecified atom stereocenters. The van der Waals surface area contributed by atoms with Crippen LogP contribution in [0.4, 0.5) is 0 Å². The van der Waals surface area contributed by atoms with Crippen LogP contribution in [0, 0.1) is 5.41 Å². The summed E-state index contributed by atoms with van der Waals surface area (Å²) in [6.07, 6.45) is 7.04. The zero-order chi connectivity index (χ0) is 14.4. The van der Waals surface area contributed by atoms with E-state index in [1.54, 1.807) is 24.4 Å². The van der Waals surface area contributed by atoms with Crippen LogP contribution >= 0.6 is 0 Å². The smallest absolute Gasteiger partial charge is 0.303 e. The number of hydrogen-bond acceptors (Lipinski definition) is 3. The van der Waals surface area contributed by atoms with Gasteiger partial charge in [0.2, 0.25) is 0 Å².